The Hall–Kier alpha value is -1.90. The van der Waals surface area contributed by atoms with E-state index in [4.69, 9.17) is 0 Å². The van der Waals surface area contributed by atoms with Crippen LogP contribution in [-0.2, 0) is 4.79 Å². The molecule has 0 spiro atoms. The molecular weight excluding hydrogens is 212 g/mol. The zero-order valence-electron chi connectivity index (χ0n) is 9.94. The first kappa shape index (κ1) is 11.6. The molecule has 1 saturated carbocycles. The Labute approximate surface area is 101 Å². The van der Waals surface area contributed by atoms with Gasteiger partial charge in [0.05, 0.1) is 0 Å². The average Bonchev–Trinajstić information content (AvgIpc) is 3.11. The van der Waals surface area contributed by atoms with Crippen molar-refractivity contribution in [1.82, 2.24) is 0 Å². The van der Waals surface area contributed by atoms with E-state index in [1.807, 2.05) is 25.1 Å². The van der Waals surface area contributed by atoms with Crippen LogP contribution in [0.1, 0.15) is 24.0 Å². The van der Waals surface area contributed by atoms with Crippen molar-refractivity contribution in [3.63, 3.8) is 0 Å². The fourth-order valence-corrected chi connectivity index (χ4v) is 1.62. The van der Waals surface area contributed by atoms with Gasteiger partial charge < -0.3 is 5.32 Å². The van der Waals surface area contributed by atoms with Crippen LogP contribution in [0.15, 0.2) is 36.0 Å². The average molecular weight is 228 g/mol. The molecule has 1 amide bonds. The van der Waals surface area contributed by atoms with Gasteiger partial charge in [-0.2, -0.15) is 0 Å². The molecule has 1 aliphatic rings. The van der Waals surface area contributed by atoms with E-state index in [1.165, 1.54) is 6.20 Å². The zero-order valence-corrected chi connectivity index (χ0v) is 9.94. The summed E-state index contributed by atoms with van der Waals surface area (Å²) in [5.41, 5.74) is 2.98. The lowest BCUT2D eigenvalue weighted by atomic mass is 10.1. The first-order valence-corrected chi connectivity index (χ1v) is 5.76. The van der Waals surface area contributed by atoms with Crippen molar-refractivity contribution in [1.29, 1.82) is 0 Å². The number of aryl methyl sites for hydroxylation is 1. The Morgan fingerprint density at radius 2 is 2.29 bits per heavy atom. The number of anilines is 1. The molecule has 0 atom stereocenters. The third-order valence-electron chi connectivity index (χ3n) is 2.80. The minimum Gasteiger partial charge on any atom is -0.326 e. The molecule has 0 aromatic heterocycles. The van der Waals surface area contributed by atoms with Gasteiger partial charge in [0.2, 0.25) is 5.91 Å². The van der Waals surface area contributed by atoms with Gasteiger partial charge in [0, 0.05) is 24.0 Å². The SMILES string of the molecule is C=CN=Cc1ccc(NC(=O)C2CC2)cc1C. The predicted molar refractivity (Wildman–Crippen MR) is 70.3 cm³/mol. The first-order valence-electron chi connectivity index (χ1n) is 5.76. The molecule has 0 unspecified atom stereocenters. The third-order valence-corrected chi connectivity index (χ3v) is 2.80. The number of nitrogens with zero attached hydrogens (tertiary/aromatic N) is 1. The second-order valence-electron chi connectivity index (χ2n) is 4.30. The number of rotatable bonds is 4. The molecular formula is C14H16N2O. The third kappa shape index (κ3) is 3.03. The van der Waals surface area contributed by atoms with E-state index < -0.39 is 0 Å². The van der Waals surface area contributed by atoms with Crippen molar-refractivity contribution < 1.29 is 4.79 Å². The van der Waals surface area contributed by atoms with Gasteiger partial charge in [0.1, 0.15) is 0 Å². The number of nitrogens with one attached hydrogen (secondary N) is 1. The smallest absolute Gasteiger partial charge is 0.227 e. The lowest BCUT2D eigenvalue weighted by Crippen LogP contribution is -2.13. The van der Waals surface area contributed by atoms with Crippen LogP contribution in [0.4, 0.5) is 5.69 Å². The van der Waals surface area contributed by atoms with Crippen LogP contribution in [-0.4, -0.2) is 12.1 Å². The topological polar surface area (TPSA) is 41.5 Å². The molecule has 0 aliphatic heterocycles. The highest BCUT2D eigenvalue weighted by atomic mass is 16.2. The van der Waals surface area contributed by atoms with E-state index in [1.54, 1.807) is 6.21 Å². The number of hydrogen-bond acceptors (Lipinski definition) is 2. The lowest BCUT2D eigenvalue weighted by Gasteiger charge is -2.06. The summed E-state index contributed by atoms with van der Waals surface area (Å²) >= 11 is 0. The second-order valence-corrected chi connectivity index (χ2v) is 4.30. The summed E-state index contributed by atoms with van der Waals surface area (Å²) in [6.45, 7) is 5.53. The Morgan fingerprint density at radius 1 is 1.53 bits per heavy atom. The Morgan fingerprint density at radius 3 is 2.88 bits per heavy atom. The Kier molecular flexibility index (Phi) is 3.38. The van der Waals surface area contributed by atoms with Gasteiger partial charge in [-0.15, -0.1) is 0 Å². The summed E-state index contributed by atoms with van der Waals surface area (Å²) in [7, 11) is 0. The summed E-state index contributed by atoms with van der Waals surface area (Å²) in [6.07, 6.45) is 5.31. The molecule has 88 valence electrons. The largest absolute Gasteiger partial charge is 0.326 e. The number of carbonyl (C=O) groups is 1. The predicted octanol–water partition coefficient (Wildman–Crippen LogP) is 2.91. The van der Waals surface area contributed by atoms with Crippen molar-refractivity contribution in [2.45, 2.75) is 19.8 Å². The monoisotopic (exact) mass is 228 g/mol. The number of carbonyl (C=O) groups excluding carboxylic acids is 1. The summed E-state index contributed by atoms with van der Waals surface area (Å²) in [5.74, 6) is 0.370. The molecule has 3 nitrogen and oxygen atoms in total. The van der Waals surface area contributed by atoms with E-state index in [-0.39, 0.29) is 11.8 Å². The van der Waals surface area contributed by atoms with Crippen molar-refractivity contribution >= 4 is 17.8 Å². The highest BCUT2D eigenvalue weighted by Gasteiger charge is 2.29. The van der Waals surface area contributed by atoms with Gasteiger partial charge in [-0.3, -0.25) is 9.79 Å². The maximum absolute atomic E-state index is 11.6. The highest BCUT2D eigenvalue weighted by Crippen LogP contribution is 2.30. The van der Waals surface area contributed by atoms with Gasteiger partial charge in [0.25, 0.3) is 0 Å². The van der Waals surface area contributed by atoms with E-state index in [2.05, 4.69) is 16.9 Å². The Balaban J connectivity index is 2.09. The van der Waals surface area contributed by atoms with Gasteiger partial charge >= 0.3 is 0 Å². The molecule has 0 heterocycles. The molecule has 1 fully saturated rings. The fourth-order valence-electron chi connectivity index (χ4n) is 1.62. The van der Waals surface area contributed by atoms with Crippen LogP contribution in [0.5, 0.6) is 0 Å². The van der Waals surface area contributed by atoms with Gasteiger partial charge in [0.15, 0.2) is 0 Å². The van der Waals surface area contributed by atoms with Gasteiger partial charge in [-0.05, 0) is 43.0 Å². The lowest BCUT2D eigenvalue weighted by molar-refractivity contribution is -0.117. The minimum atomic E-state index is 0.136. The van der Waals surface area contributed by atoms with Crippen molar-refractivity contribution in [3.05, 3.63) is 42.1 Å². The molecule has 17 heavy (non-hydrogen) atoms. The van der Waals surface area contributed by atoms with Crippen LogP contribution in [0.2, 0.25) is 0 Å². The van der Waals surface area contributed by atoms with Crippen LogP contribution in [0, 0.1) is 12.8 Å². The van der Waals surface area contributed by atoms with Crippen molar-refractivity contribution in [2.24, 2.45) is 10.9 Å². The fraction of sp³-hybridized carbons (Fsp3) is 0.286. The molecule has 3 heteroatoms. The van der Waals surface area contributed by atoms with E-state index in [9.17, 15) is 4.79 Å². The standard InChI is InChI=1S/C14H16N2O/c1-3-15-9-12-6-7-13(8-10(12)2)16-14(17)11-4-5-11/h3,6-9,11H,1,4-5H2,2H3,(H,16,17). The summed E-state index contributed by atoms with van der Waals surface area (Å²) in [6, 6.07) is 5.81. The second kappa shape index (κ2) is 4.95. The number of aliphatic imine (C=N–C) groups is 1. The molecule has 1 N–H and O–H groups in total. The minimum absolute atomic E-state index is 0.136. The summed E-state index contributed by atoms with van der Waals surface area (Å²) in [4.78, 5) is 15.6. The van der Waals surface area contributed by atoms with Crippen molar-refractivity contribution in [2.75, 3.05) is 5.32 Å². The van der Waals surface area contributed by atoms with Crippen LogP contribution in [0.3, 0.4) is 0 Å². The highest BCUT2D eigenvalue weighted by molar-refractivity contribution is 5.94. The molecule has 0 saturated heterocycles. The van der Waals surface area contributed by atoms with Crippen molar-refractivity contribution in [3.8, 4) is 0 Å². The number of benzene rings is 1. The summed E-state index contributed by atoms with van der Waals surface area (Å²) in [5, 5.41) is 2.92. The molecule has 1 aliphatic carbocycles. The van der Waals surface area contributed by atoms with Crippen LogP contribution < -0.4 is 5.32 Å². The molecule has 0 bridgehead atoms. The summed E-state index contributed by atoms with van der Waals surface area (Å²) < 4.78 is 0. The van der Waals surface area contributed by atoms with E-state index in [0.29, 0.717) is 0 Å². The normalized spacial score (nSPS) is 14.9. The van der Waals surface area contributed by atoms with Gasteiger partial charge in [-0.25, -0.2) is 0 Å². The van der Waals surface area contributed by atoms with Crippen LogP contribution in [0.25, 0.3) is 0 Å². The molecule has 2 rings (SSSR count). The molecule has 0 radical (unpaired) electrons. The quantitative estimate of drug-likeness (QED) is 0.791. The van der Waals surface area contributed by atoms with E-state index >= 15 is 0 Å². The van der Waals surface area contributed by atoms with Crippen LogP contribution >= 0.6 is 0 Å². The zero-order chi connectivity index (χ0) is 12.3. The maximum atomic E-state index is 11.6. The Bertz CT molecular complexity index is 473. The number of amides is 1. The maximum Gasteiger partial charge on any atom is 0.227 e. The molecule has 1 aromatic rings. The molecule has 1 aromatic carbocycles. The number of hydrogen-bond donors (Lipinski definition) is 1. The van der Waals surface area contributed by atoms with E-state index in [0.717, 1.165) is 29.7 Å². The first-order chi connectivity index (χ1) is 8.20. The van der Waals surface area contributed by atoms with Gasteiger partial charge in [-0.1, -0.05) is 12.6 Å².